The molecule has 5 N–H and O–H groups in total. The number of hydrogen-bond acceptors (Lipinski definition) is 9. The van der Waals surface area contributed by atoms with Crippen LogP contribution in [0.4, 0.5) is 5.69 Å². The fourth-order valence-electron chi connectivity index (χ4n) is 5.23. The third-order valence-electron chi connectivity index (χ3n) is 6.67. The molecule has 10 nitrogen and oxygen atoms in total. The van der Waals surface area contributed by atoms with Gasteiger partial charge in [0.2, 0.25) is 11.7 Å². The maximum Gasteiger partial charge on any atom is 0.265 e. The standard InChI is InChI=1S/C23H24N2O8/c1-9(26)24-22(32)18-15(28)8-11-6-10-7-12-13(25(2)3)4-5-14(27)17(12)19(29)16(10)20(30)23(11,33)21(18)31/h4-5,10-11,27,29,31,33H,6-8H2,1-3H3,(H,24,26,32)/t10-,11+,23+/m1/s1. The predicted octanol–water partition coefficient (Wildman–Crippen LogP) is 0.667. The van der Waals surface area contributed by atoms with Crippen LogP contribution in [0.25, 0.3) is 5.76 Å². The molecule has 174 valence electrons. The van der Waals surface area contributed by atoms with Gasteiger partial charge in [-0.3, -0.25) is 24.5 Å². The number of nitrogens with zero attached hydrogens (tertiary/aromatic N) is 1. The Labute approximate surface area is 188 Å². The number of ketones is 2. The van der Waals surface area contributed by atoms with Crippen molar-refractivity contribution in [2.45, 2.75) is 31.8 Å². The zero-order chi connectivity index (χ0) is 24.4. The lowest BCUT2D eigenvalue weighted by Crippen LogP contribution is -2.58. The number of fused-ring (bicyclic) bond motifs is 3. The summed E-state index contributed by atoms with van der Waals surface area (Å²) in [5.41, 5.74) is -2.25. The van der Waals surface area contributed by atoms with Crippen LogP contribution in [0, 0.1) is 11.8 Å². The number of phenolic OH excluding ortho intramolecular Hbond substituents is 1. The van der Waals surface area contributed by atoms with Gasteiger partial charge < -0.3 is 25.3 Å². The Kier molecular flexibility index (Phi) is 5.08. The lowest BCUT2D eigenvalue weighted by Gasteiger charge is -2.46. The number of anilines is 1. The molecule has 0 aliphatic heterocycles. The molecule has 3 aliphatic rings. The lowest BCUT2D eigenvalue weighted by atomic mass is 9.59. The Morgan fingerprint density at radius 1 is 1.12 bits per heavy atom. The van der Waals surface area contributed by atoms with Gasteiger partial charge in [0.25, 0.3) is 5.91 Å². The third-order valence-corrected chi connectivity index (χ3v) is 6.67. The summed E-state index contributed by atoms with van der Waals surface area (Å²) in [6.45, 7) is 1.04. The number of hydrogen-bond donors (Lipinski definition) is 5. The number of phenols is 1. The van der Waals surface area contributed by atoms with E-state index in [0.717, 1.165) is 12.6 Å². The van der Waals surface area contributed by atoms with E-state index in [9.17, 15) is 39.6 Å². The van der Waals surface area contributed by atoms with Crippen molar-refractivity contribution in [2.24, 2.45) is 11.8 Å². The Hall–Kier alpha value is -3.66. The number of benzene rings is 1. The van der Waals surface area contributed by atoms with Crippen molar-refractivity contribution in [3.63, 3.8) is 0 Å². The smallest absolute Gasteiger partial charge is 0.265 e. The van der Waals surface area contributed by atoms with Crippen LogP contribution in [0.2, 0.25) is 0 Å². The monoisotopic (exact) mass is 456 g/mol. The van der Waals surface area contributed by atoms with Crippen LogP contribution >= 0.6 is 0 Å². The van der Waals surface area contributed by atoms with Gasteiger partial charge in [0, 0.05) is 44.6 Å². The van der Waals surface area contributed by atoms with Gasteiger partial charge in [-0.2, -0.15) is 0 Å². The zero-order valence-corrected chi connectivity index (χ0v) is 18.3. The van der Waals surface area contributed by atoms with Crippen molar-refractivity contribution in [3.8, 4) is 5.75 Å². The van der Waals surface area contributed by atoms with Gasteiger partial charge in [-0.25, -0.2) is 0 Å². The van der Waals surface area contributed by atoms with Gasteiger partial charge >= 0.3 is 0 Å². The first-order chi connectivity index (χ1) is 15.4. The van der Waals surface area contributed by atoms with Gasteiger partial charge in [-0.1, -0.05) is 0 Å². The summed E-state index contributed by atoms with van der Waals surface area (Å²) in [4.78, 5) is 51.5. The summed E-state index contributed by atoms with van der Waals surface area (Å²) in [5.74, 6) is -7.35. The first kappa shape index (κ1) is 22.5. The molecule has 3 atom stereocenters. The SMILES string of the molecule is CC(=O)NC(=O)C1=C(O)[C@@]2(O)C(=O)C3=C(O)c4c(O)ccc(N(C)C)c4C[C@H]3C[C@H]2CC1=O. The van der Waals surface area contributed by atoms with Crippen molar-refractivity contribution in [3.05, 3.63) is 40.2 Å². The van der Waals surface area contributed by atoms with Gasteiger partial charge in [-0.15, -0.1) is 0 Å². The van der Waals surface area contributed by atoms with E-state index in [4.69, 9.17) is 0 Å². The summed E-state index contributed by atoms with van der Waals surface area (Å²) in [7, 11) is 3.59. The Balaban J connectivity index is 1.89. The highest BCUT2D eigenvalue weighted by Gasteiger charge is 2.60. The summed E-state index contributed by atoms with van der Waals surface area (Å²) in [6.07, 6.45) is -0.0722. The largest absolute Gasteiger partial charge is 0.508 e. The lowest BCUT2D eigenvalue weighted by molar-refractivity contribution is -0.147. The predicted molar refractivity (Wildman–Crippen MR) is 115 cm³/mol. The second-order valence-corrected chi connectivity index (χ2v) is 8.90. The fraction of sp³-hybridized carbons (Fsp3) is 0.391. The molecule has 0 saturated heterocycles. The summed E-state index contributed by atoms with van der Waals surface area (Å²) in [5, 5.41) is 45.4. The molecule has 10 heteroatoms. The molecule has 0 unspecified atom stereocenters. The van der Waals surface area contributed by atoms with Gasteiger partial charge in [0.15, 0.2) is 11.4 Å². The molecule has 0 heterocycles. The minimum absolute atomic E-state index is 0.0627. The summed E-state index contributed by atoms with van der Waals surface area (Å²) in [6, 6.07) is 3.07. The second-order valence-electron chi connectivity index (χ2n) is 8.90. The number of Topliss-reactive ketones (excluding diaryl/α,β-unsaturated/α-hetero) is 2. The maximum atomic E-state index is 13.5. The number of carbonyl (C=O) groups excluding carboxylic acids is 4. The van der Waals surface area contributed by atoms with Gasteiger partial charge in [0.1, 0.15) is 22.8 Å². The van der Waals surface area contributed by atoms with Crippen molar-refractivity contribution in [2.75, 3.05) is 19.0 Å². The molecule has 3 aliphatic carbocycles. The van der Waals surface area contributed by atoms with Crippen LogP contribution in [-0.2, 0) is 25.6 Å². The zero-order valence-electron chi connectivity index (χ0n) is 18.3. The topological polar surface area (TPSA) is 164 Å². The fourth-order valence-corrected chi connectivity index (χ4v) is 5.23. The summed E-state index contributed by atoms with van der Waals surface area (Å²) >= 11 is 0. The number of aliphatic hydroxyl groups excluding tert-OH is 2. The molecule has 1 fully saturated rings. The van der Waals surface area contributed by atoms with E-state index < -0.39 is 64.3 Å². The number of aliphatic hydroxyl groups is 3. The molecule has 0 radical (unpaired) electrons. The molecule has 2 amide bonds. The Bertz CT molecular complexity index is 1200. The van der Waals surface area contributed by atoms with E-state index >= 15 is 0 Å². The highest BCUT2D eigenvalue weighted by atomic mass is 16.3. The minimum Gasteiger partial charge on any atom is -0.508 e. The van der Waals surface area contributed by atoms with Crippen molar-refractivity contribution < 1.29 is 39.6 Å². The molecule has 0 bridgehead atoms. The van der Waals surface area contributed by atoms with Gasteiger partial charge in [0.05, 0.1) is 5.56 Å². The Morgan fingerprint density at radius 3 is 2.39 bits per heavy atom. The number of carbonyl (C=O) groups is 4. The first-order valence-electron chi connectivity index (χ1n) is 10.4. The molecular formula is C23H24N2O8. The van der Waals surface area contributed by atoms with E-state index in [1.807, 2.05) is 5.32 Å². The molecule has 1 aromatic carbocycles. The van der Waals surface area contributed by atoms with Crippen LogP contribution in [0.5, 0.6) is 5.75 Å². The highest BCUT2D eigenvalue weighted by molar-refractivity contribution is 6.25. The molecular weight excluding hydrogens is 432 g/mol. The number of aromatic hydroxyl groups is 1. The minimum atomic E-state index is -2.62. The maximum absolute atomic E-state index is 13.5. The van der Waals surface area contributed by atoms with E-state index in [-0.39, 0.29) is 29.7 Å². The number of amides is 2. The normalized spacial score (nSPS) is 26.4. The Morgan fingerprint density at radius 2 is 1.79 bits per heavy atom. The van der Waals surface area contributed by atoms with Crippen LogP contribution < -0.4 is 10.2 Å². The van der Waals surface area contributed by atoms with E-state index in [2.05, 4.69) is 0 Å². The van der Waals surface area contributed by atoms with Crippen LogP contribution in [-0.4, -0.2) is 63.5 Å². The molecule has 0 aromatic heterocycles. The average Bonchev–Trinajstić information content (AvgIpc) is 2.70. The van der Waals surface area contributed by atoms with Crippen LogP contribution in [0.3, 0.4) is 0 Å². The van der Waals surface area contributed by atoms with Crippen molar-refractivity contribution >= 4 is 34.8 Å². The number of imide groups is 1. The van der Waals surface area contributed by atoms with Crippen molar-refractivity contribution in [1.82, 2.24) is 5.32 Å². The van der Waals surface area contributed by atoms with Crippen LogP contribution in [0.15, 0.2) is 29.0 Å². The quantitative estimate of drug-likeness (QED) is 0.402. The summed E-state index contributed by atoms with van der Waals surface area (Å²) < 4.78 is 0. The van der Waals surface area contributed by atoms with Crippen molar-refractivity contribution in [1.29, 1.82) is 0 Å². The van der Waals surface area contributed by atoms with Gasteiger partial charge in [-0.05, 0) is 36.5 Å². The number of nitrogens with one attached hydrogen (secondary N) is 1. The molecule has 1 saturated carbocycles. The molecule has 4 rings (SSSR count). The second kappa shape index (κ2) is 7.45. The molecule has 33 heavy (non-hydrogen) atoms. The molecule has 1 aromatic rings. The number of rotatable bonds is 2. The first-order valence-corrected chi connectivity index (χ1v) is 10.4. The van der Waals surface area contributed by atoms with E-state index in [1.54, 1.807) is 25.1 Å². The van der Waals surface area contributed by atoms with E-state index in [1.165, 1.54) is 6.07 Å². The average molecular weight is 456 g/mol. The highest BCUT2D eigenvalue weighted by Crippen LogP contribution is 2.52. The van der Waals surface area contributed by atoms with E-state index in [0.29, 0.717) is 5.56 Å². The third kappa shape index (κ3) is 3.12. The molecule has 0 spiro atoms. The van der Waals surface area contributed by atoms with Crippen LogP contribution in [0.1, 0.15) is 30.9 Å².